The molecule has 2 saturated heterocycles. The lowest BCUT2D eigenvalue weighted by atomic mass is 10.1. The molecule has 28 heavy (non-hydrogen) atoms. The first kappa shape index (κ1) is 19.1. The summed E-state index contributed by atoms with van der Waals surface area (Å²) in [6.45, 7) is 14.8. The van der Waals surface area contributed by atoms with Crippen LogP contribution in [0.1, 0.15) is 26.3 Å². The molecular formula is C20H31N7O. The van der Waals surface area contributed by atoms with E-state index in [1.165, 1.54) is 5.56 Å². The van der Waals surface area contributed by atoms with Gasteiger partial charge < -0.3 is 14.5 Å². The minimum absolute atomic E-state index is 0.0299. The number of aromatic nitrogens is 4. The van der Waals surface area contributed by atoms with Gasteiger partial charge in [-0.3, -0.25) is 9.58 Å². The molecule has 152 valence electrons. The van der Waals surface area contributed by atoms with E-state index in [0.29, 0.717) is 0 Å². The van der Waals surface area contributed by atoms with Crippen molar-refractivity contribution >= 4 is 11.6 Å². The molecule has 2 aromatic heterocycles. The number of hydrogen-bond acceptors (Lipinski definition) is 7. The normalized spacial score (nSPS) is 19.2. The Morgan fingerprint density at radius 3 is 2.18 bits per heavy atom. The van der Waals surface area contributed by atoms with Crippen molar-refractivity contribution in [2.45, 2.75) is 32.9 Å². The minimum Gasteiger partial charge on any atom is -0.378 e. The van der Waals surface area contributed by atoms with E-state index >= 15 is 0 Å². The van der Waals surface area contributed by atoms with Gasteiger partial charge in [0.1, 0.15) is 18.0 Å². The Morgan fingerprint density at radius 2 is 1.57 bits per heavy atom. The van der Waals surface area contributed by atoms with Crippen LogP contribution in [0.2, 0.25) is 0 Å². The highest BCUT2D eigenvalue weighted by atomic mass is 16.5. The largest absolute Gasteiger partial charge is 0.378 e. The van der Waals surface area contributed by atoms with Gasteiger partial charge >= 0.3 is 0 Å². The second-order valence-electron chi connectivity index (χ2n) is 8.56. The second-order valence-corrected chi connectivity index (χ2v) is 8.56. The summed E-state index contributed by atoms with van der Waals surface area (Å²) < 4.78 is 7.49. The van der Waals surface area contributed by atoms with E-state index in [1.807, 2.05) is 10.9 Å². The number of ether oxygens (including phenoxy) is 1. The van der Waals surface area contributed by atoms with Crippen LogP contribution in [-0.2, 0) is 16.8 Å². The minimum atomic E-state index is 0.0299. The fraction of sp³-hybridized carbons (Fsp3) is 0.650. The number of hydrogen-bond donors (Lipinski definition) is 0. The summed E-state index contributed by atoms with van der Waals surface area (Å²) >= 11 is 0. The zero-order chi connectivity index (χ0) is 19.6. The zero-order valence-electron chi connectivity index (χ0n) is 17.2. The van der Waals surface area contributed by atoms with Gasteiger partial charge in [-0.1, -0.05) is 0 Å². The maximum atomic E-state index is 5.44. The molecule has 8 nitrogen and oxygen atoms in total. The maximum Gasteiger partial charge on any atom is 0.134 e. The van der Waals surface area contributed by atoms with E-state index in [4.69, 9.17) is 4.74 Å². The van der Waals surface area contributed by atoms with Crippen LogP contribution in [0.15, 0.2) is 24.8 Å². The van der Waals surface area contributed by atoms with Crippen LogP contribution < -0.4 is 9.80 Å². The second kappa shape index (κ2) is 8.05. The average molecular weight is 386 g/mol. The van der Waals surface area contributed by atoms with Gasteiger partial charge in [-0.25, -0.2) is 9.97 Å². The molecule has 0 unspecified atom stereocenters. The van der Waals surface area contributed by atoms with Crippen molar-refractivity contribution in [3.05, 3.63) is 30.4 Å². The third kappa shape index (κ3) is 4.44. The predicted molar refractivity (Wildman–Crippen MR) is 110 cm³/mol. The summed E-state index contributed by atoms with van der Waals surface area (Å²) in [6, 6.07) is 2.12. The van der Waals surface area contributed by atoms with E-state index < -0.39 is 0 Å². The van der Waals surface area contributed by atoms with E-state index in [9.17, 15) is 0 Å². The summed E-state index contributed by atoms with van der Waals surface area (Å²) in [6.07, 6.45) is 5.86. The van der Waals surface area contributed by atoms with E-state index in [0.717, 1.165) is 70.7 Å². The van der Waals surface area contributed by atoms with Crippen molar-refractivity contribution in [1.29, 1.82) is 0 Å². The van der Waals surface area contributed by atoms with Gasteiger partial charge in [0.2, 0.25) is 0 Å². The zero-order valence-corrected chi connectivity index (χ0v) is 17.2. The quantitative estimate of drug-likeness (QED) is 0.792. The Labute approximate surface area is 167 Å². The molecule has 0 bridgehead atoms. The Hall–Kier alpha value is -2.19. The molecule has 0 atom stereocenters. The first-order valence-electron chi connectivity index (χ1n) is 10.2. The van der Waals surface area contributed by atoms with E-state index in [2.05, 4.69) is 62.8 Å². The van der Waals surface area contributed by atoms with Gasteiger partial charge in [0.05, 0.1) is 24.9 Å². The van der Waals surface area contributed by atoms with Crippen LogP contribution in [0.25, 0.3) is 0 Å². The molecule has 4 rings (SSSR count). The molecule has 4 heterocycles. The molecule has 0 spiro atoms. The third-order valence-electron chi connectivity index (χ3n) is 5.40. The monoisotopic (exact) mass is 385 g/mol. The Kier molecular flexibility index (Phi) is 5.50. The van der Waals surface area contributed by atoms with Crippen LogP contribution in [-0.4, -0.2) is 77.1 Å². The van der Waals surface area contributed by atoms with Crippen molar-refractivity contribution in [2.75, 3.05) is 62.3 Å². The molecule has 0 aliphatic carbocycles. The molecule has 2 aromatic rings. The maximum absolute atomic E-state index is 5.44. The van der Waals surface area contributed by atoms with Gasteiger partial charge in [-0.05, 0) is 20.8 Å². The summed E-state index contributed by atoms with van der Waals surface area (Å²) in [4.78, 5) is 16.1. The predicted octanol–water partition coefficient (Wildman–Crippen LogP) is 1.59. The molecule has 2 aliphatic rings. The van der Waals surface area contributed by atoms with Crippen molar-refractivity contribution in [1.82, 2.24) is 24.6 Å². The summed E-state index contributed by atoms with van der Waals surface area (Å²) in [5.74, 6) is 2.03. The first-order valence-corrected chi connectivity index (χ1v) is 10.2. The molecule has 0 radical (unpaired) electrons. The molecule has 8 heteroatoms. The lowest BCUT2D eigenvalue weighted by Gasteiger charge is -2.35. The number of nitrogens with zero attached hydrogens (tertiary/aromatic N) is 7. The Morgan fingerprint density at radius 1 is 0.929 bits per heavy atom. The fourth-order valence-corrected chi connectivity index (χ4v) is 3.68. The van der Waals surface area contributed by atoms with Crippen molar-refractivity contribution in [2.24, 2.45) is 0 Å². The Bertz CT molecular complexity index is 771. The van der Waals surface area contributed by atoms with Crippen LogP contribution in [0.3, 0.4) is 0 Å². The molecular weight excluding hydrogens is 354 g/mol. The van der Waals surface area contributed by atoms with Gasteiger partial charge in [0.15, 0.2) is 0 Å². The highest BCUT2D eigenvalue weighted by Crippen LogP contribution is 2.21. The summed E-state index contributed by atoms with van der Waals surface area (Å²) in [5.41, 5.74) is 1.31. The molecule has 0 saturated carbocycles. The van der Waals surface area contributed by atoms with E-state index in [-0.39, 0.29) is 5.54 Å². The van der Waals surface area contributed by atoms with Crippen LogP contribution in [0.4, 0.5) is 11.6 Å². The number of rotatable bonds is 4. The SMILES string of the molecule is CC(C)(C)n1cc(CN2CCN(c3cc(N4CCOCC4)ncn3)CC2)cn1. The molecule has 2 aliphatic heterocycles. The van der Waals surface area contributed by atoms with Gasteiger partial charge in [-0.2, -0.15) is 5.10 Å². The van der Waals surface area contributed by atoms with Crippen LogP contribution >= 0.6 is 0 Å². The average Bonchev–Trinajstić information content (AvgIpc) is 3.18. The molecule has 0 amide bonds. The van der Waals surface area contributed by atoms with Crippen LogP contribution in [0, 0.1) is 0 Å². The lowest BCUT2D eigenvalue weighted by molar-refractivity contribution is 0.122. The standard InChI is InChI=1S/C20H31N7O/c1-20(2,3)27-15-17(13-23-27)14-24-4-6-25(7-5-24)18-12-19(22-16-21-18)26-8-10-28-11-9-26/h12-13,15-16H,4-11,14H2,1-3H3. The summed E-state index contributed by atoms with van der Waals surface area (Å²) in [7, 11) is 0. The molecule has 0 N–H and O–H groups in total. The van der Waals surface area contributed by atoms with E-state index in [1.54, 1.807) is 6.33 Å². The fourth-order valence-electron chi connectivity index (χ4n) is 3.68. The number of morpholine rings is 1. The van der Waals surface area contributed by atoms with Crippen molar-refractivity contribution < 1.29 is 4.74 Å². The van der Waals surface area contributed by atoms with Gasteiger partial charge in [0, 0.05) is 63.6 Å². The van der Waals surface area contributed by atoms with Gasteiger partial charge in [-0.15, -0.1) is 0 Å². The topological polar surface area (TPSA) is 62.6 Å². The smallest absolute Gasteiger partial charge is 0.134 e. The Balaban J connectivity index is 1.33. The lowest BCUT2D eigenvalue weighted by Crippen LogP contribution is -2.46. The van der Waals surface area contributed by atoms with Gasteiger partial charge in [0.25, 0.3) is 0 Å². The van der Waals surface area contributed by atoms with Crippen molar-refractivity contribution in [3.8, 4) is 0 Å². The molecule has 2 fully saturated rings. The highest BCUT2D eigenvalue weighted by Gasteiger charge is 2.21. The first-order chi connectivity index (χ1) is 13.5. The number of anilines is 2. The van der Waals surface area contributed by atoms with Crippen molar-refractivity contribution in [3.63, 3.8) is 0 Å². The third-order valence-corrected chi connectivity index (χ3v) is 5.40. The summed E-state index contributed by atoms with van der Waals surface area (Å²) in [5, 5.41) is 4.52. The highest BCUT2D eigenvalue weighted by molar-refractivity contribution is 5.50. The van der Waals surface area contributed by atoms with Crippen LogP contribution in [0.5, 0.6) is 0 Å². The molecule has 0 aromatic carbocycles. The number of piperazine rings is 1.